The van der Waals surface area contributed by atoms with E-state index in [2.05, 4.69) is 0 Å². The molecule has 1 N–H and O–H groups in total. The van der Waals surface area contributed by atoms with Crippen LogP contribution in [0.15, 0.2) is 0 Å². The molecule has 0 spiro atoms. The van der Waals surface area contributed by atoms with Crippen molar-refractivity contribution in [2.75, 3.05) is 0 Å². The summed E-state index contributed by atoms with van der Waals surface area (Å²) in [5.41, 5.74) is -2.97. The van der Waals surface area contributed by atoms with Gasteiger partial charge in [0.25, 0.3) is 0 Å². The Balaban J connectivity index is -0.0000000450. The maximum atomic E-state index is 10.1. The Hall–Kier alpha value is 2.99. The number of hydrogen-bond acceptors (Lipinski definition) is 10. The molecule has 0 saturated heterocycles. The number of aliphatic hydroxyl groups is 1. The van der Waals surface area contributed by atoms with Crippen LogP contribution in [0.3, 0.4) is 0 Å². The summed E-state index contributed by atoms with van der Waals surface area (Å²) in [5, 5.41) is 38.9. The first-order chi connectivity index (χ1) is 7.51. The van der Waals surface area contributed by atoms with Crippen LogP contribution in [0.1, 0.15) is 12.8 Å². The van der Waals surface area contributed by atoms with Gasteiger partial charge >= 0.3 is 148 Å². The summed E-state index contributed by atoms with van der Waals surface area (Å²) in [6.07, 6.45) is -2.72. The van der Waals surface area contributed by atoms with Crippen LogP contribution in [-0.4, -0.2) is 37.8 Å². The fourth-order valence-electron chi connectivity index (χ4n) is 0.684. The molecule has 0 radical (unpaired) electrons. The molecule has 98 valence electrons. The zero-order valence-corrected chi connectivity index (χ0v) is 24.0. The number of carbonyl (C=O) groups excluding carboxylic acids is 3. The van der Waals surface area contributed by atoms with Crippen LogP contribution in [0.2, 0.25) is 0 Å². The zero-order chi connectivity index (χ0) is 14.2. The minimum absolute atomic E-state index is 0. The molecule has 10 nitrogen and oxygen atoms in total. The minimum atomic E-state index is -3.63. The van der Waals surface area contributed by atoms with Gasteiger partial charge in [0.15, 0.2) is 0 Å². The molecule has 0 amide bonds. The van der Waals surface area contributed by atoms with E-state index in [1.807, 2.05) is 0 Å². The Kier molecular flexibility index (Phi) is 48.5. The molecule has 0 bridgehead atoms. The van der Waals surface area contributed by atoms with Crippen LogP contribution < -0.4 is 173 Å². The summed E-state index contributed by atoms with van der Waals surface area (Å²) in [7, 11) is -3.63. The van der Waals surface area contributed by atoms with Gasteiger partial charge in [-0.2, -0.15) is 0 Å². The molecule has 0 atom stereocenters. The summed E-state index contributed by atoms with van der Waals surface area (Å²) < 4.78 is 8.52. The van der Waals surface area contributed by atoms with Crippen molar-refractivity contribution in [3.8, 4) is 0 Å². The SMILES string of the molecule is O=C([O-])CC(O)(CC(=O)[O-])C(=O)[O-].O=[Si]([O-])[O-].[Na+].[Na+].[Na+].[Na+].[Na+]. The minimum Gasteiger partial charge on any atom is -0.672 e. The molecular formula is C6H5Na5O10Si. The van der Waals surface area contributed by atoms with Gasteiger partial charge in [-0.05, 0) is 0 Å². The number of aliphatic carboxylic acids is 3. The van der Waals surface area contributed by atoms with Crippen molar-refractivity contribution in [3.05, 3.63) is 0 Å². The molecule has 0 aliphatic rings. The third kappa shape index (κ3) is 30.8. The zero-order valence-electron chi connectivity index (χ0n) is 13.0. The Morgan fingerprint density at radius 2 is 1.00 bits per heavy atom. The first kappa shape index (κ1) is 44.4. The Bertz CT molecular complexity index is 320. The molecule has 0 aliphatic heterocycles. The van der Waals surface area contributed by atoms with Gasteiger partial charge in [0.05, 0.1) is 5.97 Å². The standard InChI is InChI=1S/C6H8O7.5Na.O3Si/c7-3(8)1-6(13,5(11)12)2-4(9)10;;;;;;1-4(2)3/h13H,1-2H2,(H,7,8)(H,9,10)(H,11,12);;;;;;/q;5*+1;-2/p-3. The van der Waals surface area contributed by atoms with Gasteiger partial charge < -0.3 is 48.9 Å². The molecule has 16 heteroatoms. The van der Waals surface area contributed by atoms with Crippen LogP contribution >= 0.6 is 0 Å². The second-order valence-electron chi connectivity index (χ2n) is 2.67. The van der Waals surface area contributed by atoms with E-state index in [1.165, 1.54) is 0 Å². The van der Waals surface area contributed by atoms with E-state index in [0.717, 1.165) is 0 Å². The van der Waals surface area contributed by atoms with Crippen LogP contribution in [0.25, 0.3) is 0 Å². The van der Waals surface area contributed by atoms with Crippen molar-refractivity contribution < 1.29 is 197 Å². The monoisotopic (exact) mass is 380 g/mol. The third-order valence-electron chi connectivity index (χ3n) is 1.25. The third-order valence-corrected chi connectivity index (χ3v) is 1.25. The molecule has 22 heavy (non-hydrogen) atoms. The number of hydrogen-bond donors (Lipinski definition) is 1. The van der Waals surface area contributed by atoms with Gasteiger partial charge in [0.2, 0.25) is 0 Å². The molecule has 0 saturated carbocycles. The Morgan fingerprint density at radius 1 is 0.818 bits per heavy atom. The maximum absolute atomic E-state index is 10.1. The predicted octanol–water partition coefficient (Wildman–Crippen LogP) is -23.1. The van der Waals surface area contributed by atoms with Crippen molar-refractivity contribution in [3.63, 3.8) is 0 Å². The maximum Gasteiger partial charge on any atom is 1.00 e. The van der Waals surface area contributed by atoms with Crippen molar-refractivity contribution in [2.24, 2.45) is 0 Å². The van der Waals surface area contributed by atoms with E-state index in [0.29, 0.717) is 0 Å². The van der Waals surface area contributed by atoms with Gasteiger partial charge in [-0.25, -0.2) is 0 Å². The van der Waals surface area contributed by atoms with Crippen molar-refractivity contribution in [1.82, 2.24) is 0 Å². The van der Waals surface area contributed by atoms with Gasteiger partial charge in [-0.15, -0.1) is 0 Å². The van der Waals surface area contributed by atoms with E-state index >= 15 is 0 Å². The largest absolute Gasteiger partial charge is 1.00 e. The van der Waals surface area contributed by atoms with Crippen molar-refractivity contribution in [2.45, 2.75) is 18.4 Å². The van der Waals surface area contributed by atoms with Gasteiger partial charge in [0, 0.05) is 34.0 Å². The molecule has 0 fully saturated rings. The van der Waals surface area contributed by atoms with Crippen LogP contribution in [0, 0.1) is 0 Å². The van der Waals surface area contributed by atoms with Gasteiger partial charge in [-0.3, -0.25) is 0 Å². The average molecular weight is 380 g/mol. The summed E-state index contributed by atoms with van der Waals surface area (Å²) in [6, 6.07) is 0. The Morgan fingerprint density at radius 3 is 1.09 bits per heavy atom. The summed E-state index contributed by atoms with van der Waals surface area (Å²) in [5.74, 6) is -5.98. The molecular weight excluding hydrogens is 375 g/mol. The van der Waals surface area contributed by atoms with Crippen LogP contribution in [-0.2, 0) is 18.8 Å². The van der Waals surface area contributed by atoms with Gasteiger partial charge in [0.1, 0.15) is 5.60 Å². The van der Waals surface area contributed by atoms with Crippen LogP contribution in [0.5, 0.6) is 0 Å². The quantitative estimate of drug-likeness (QED) is 0.446. The molecule has 0 unspecified atom stereocenters. The van der Waals surface area contributed by atoms with Crippen molar-refractivity contribution in [1.29, 1.82) is 0 Å². The molecule has 0 aromatic rings. The molecule has 0 aliphatic carbocycles. The van der Waals surface area contributed by atoms with Crippen LogP contribution in [0.4, 0.5) is 0 Å². The predicted molar refractivity (Wildman–Crippen MR) is 35.6 cm³/mol. The normalized spacial score (nSPS) is 7.50. The first-order valence-electron chi connectivity index (χ1n) is 3.72. The summed E-state index contributed by atoms with van der Waals surface area (Å²) >= 11 is 0. The van der Waals surface area contributed by atoms with E-state index in [4.69, 9.17) is 19.2 Å². The smallest absolute Gasteiger partial charge is 0.672 e. The molecule has 0 heterocycles. The summed E-state index contributed by atoms with van der Waals surface area (Å²) in [4.78, 5) is 47.0. The number of rotatable bonds is 5. The van der Waals surface area contributed by atoms with E-state index in [9.17, 15) is 29.7 Å². The second kappa shape index (κ2) is 24.0. The summed E-state index contributed by atoms with van der Waals surface area (Å²) in [6.45, 7) is 0. The van der Waals surface area contributed by atoms with Crippen molar-refractivity contribution >= 4 is 27.1 Å². The Labute approximate surface area is 237 Å². The van der Waals surface area contributed by atoms with Gasteiger partial charge in [-0.1, -0.05) is 0 Å². The number of carboxylic acids is 3. The second-order valence-corrected chi connectivity index (χ2v) is 3.17. The number of carbonyl (C=O) groups is 3. The molecule has 0 aromatic carbocycles. The van der Waals surface area contributed by atoms with E-state index < -0.39 is 45.5 Å². The number of carboxylic acid groups (broad SMARTS) is 3. The average Bonchev–Trinajstić information content (AvgIpc) is 1.98. The fraction of sp³-hybridized carbons (Fsp3) is 0.500. The van der Waals surface area contributed by atoms with E-state index in [1.54, 1.807) is 0 Å². The fourth-order valence-corrected chi connectivity index (χ4v) is 0.684. The molecule has 0 rings (SSSR count). The molecule has 0 aromatic heterocycles. The topological polar surface area (TPSA) is 204 Å². The van der Waals surface area contributed by atoms with E-state index in [-0.39, 0.29) is 148 Å². The first-order valence-corrected chi connectivity index (χ1v) is 4.95.